The third-order valence-corrected chi connectivity index (χ3v) is 3.09. The summed E-state index contributed by atoms with van der Waals surface area (Å²) in [5, 5.41) is 0. The van der Waals surface area contributed by atoms with E-state index in [0.29, 0.717) is 12.7 Å². The number of methoxy groups -OCH3 is 1. The van der Waals surface area contributed by atoms with E-state index in [2.05, 4.69) is 4.90 Å². The summed E-state index contributed by atoms with van der Waals surface area (Å²) in [6.07, 6.45) is 2.52. The van der Waals surface area contributed by atoms with Gasteiger partial charge in [0.1, 0.15) is 0 Å². The molecule has 0 saturated carbocycles. The lowest BCUT2D eigenvalue weighted by molar-refractivity contribution is -0.148. The number of carbonyl (C=O) groups is 1. The van der Waals surface area contributed by atoms with Crippen molar-refractivity contribution in [2.24, 2.45) is 5.92 Å². The lowest BCUT2D eigenvalue weighted by Gasteiger charge is -2.32. The maximum atomic E-state index is 11.5. The molecule has 0 amide bonds. The maximum Gasteiger partial charge on any atom is 0.309 e. The van der Waals surface area contributed by atoms with Gasteiger partial charge in [-0.1, -0.05) is 6.92 Å². The van der Waals surface area contributed by atoms with Crippen molar-refractivity contribution < 1.29 is 14.3 Å². The highest BCUT2D eigenvalue weighted by Crippen LogP contribution is 2.14. The molecule has 0 spiro atoms. The Morgan fingerprint density at radius 3 is 2.56 bits per heavy atom. The van der Waals surface area contributed by atoms with Crippen LogP contribution in [0.1, 0.15) is 26.7 Å². The minimum atomic E-state index is -0.0867. The van der Waals surface area contributed by atoms with Crippen LogP contribution in [0.25, 0.3) is 0 Å². The lowest BCUT2D eigenvalue weighted by Crippen LogP contribution is -2.40. The van der Waals surface area contributed by atoms with Crippen LogP contribution in [0.4, 0.5) is 0 Å². The molecule has 1 heterocycles. The monoisotopic (exact) mass is 229 g/mol. The molecule has 1 aliphatic heterocycles. The largest absolute Gasteiger partial charge is 0.466 e. The summed E-state index contributed by atoms with van der Waals surface area (Å²) in [5.41, 5.74) is 0. The molecule has 16 heavy (non-hydrogen) atoms. The van der Waals surface area contributed by atoms with E-state index in [1.54, 1.807) is 7.11 Å². The second-order valence-electron chi connectivity index (χ2n) is 4.39. The number of hydrogen-bond donors (Lipinski definition) is 0. The minimum Gasteiger partial charge on any atom is -0.466 e. The fourth-order valence-corrected chi connectivity index (χ4v) is 2.07. The van der Waals surface area contributed by atoms with E-state index in [-0.39, 0.29) is 11.9 Å². The Hall–Kier alpha value is -0.610. The smallest absolute Gasteiger partial charge is 0.309 e. The molecule has 94 valence electrons. The first kappa shape index (κ1) is 13.5. The highest BCUT2D eigenvalue weighted by molar-refractivity contribution is 5.72. The standard InChI is InChI=1S/C12H23NO3/c1-4-16-12(14)10(2)9-13-7-5-11(15-3)6-8-13/h10-11H,4-9H2,1-3H3. The SMILES string of the molecule is CCOC(=O)C(C)CN1CCC(OC)CC1. The van der Waals surface area contributed by atoms with Crippen LogP contribution >= 0.6 is 0 Å². The van der Waals surface area contributed by atoms with E-state index in [1.807, 2.05) is 13.8 Å². The molecular formula is C12H23NO3. The van der Waals surface area contributed by atoms with Gasteiger partial charge in [0.05, 0.1) is 18.6 Å². The summed E-state index contributed by atoms with van der Waals surface area (Å²) in [5.74, 6) is -0.115. The van der Waals surface area contributed by atoms with Gasteiger partial charge < -0.3 is 14.4 Å². The molecule has 1 aliphatic rings. The Labute approximate surface area is 97.9 Å². The van der Waals surface area contributed by atoms with E-state index < -0.39 is 0 Å². The van der Waals surface area contributed by atoms with E-state index >= 15 is 0 Å². The van der Waals surface area contributed by atoms with Gasteiger partial charge in [-0.05, 0) is 19.8 Å². The van der Waals surface area contributed by atoms with E-state index in [0.717, 1.165) is 32.5 Å². The van der Waals surface area contributed by atoms with Gasteiger partial charge in [-0.15, -0.1) is 0 Å². The van der Waals surface area contributed by atoms with Gasteiger partial charge in [-0.2, -0.15) is 0 Å². The first-order valence-electron chi connectivity index (χ1n) is 6.09. The number of hydrogen-bond acceptors (Lipinski definition) is 4. The van der Waals surface area contributed by atoms with Crippen molar-refractivity contribution in [3.05, 3.63) is 0 Å². The Balaban J connectivity index is 2.25. The molecule has 0 aliphatic carbocycles. The third-order valence-electron chi connectivity index (χ3n) is 3.09. The average molecular weight is 229 g/mol. The highest BCUT2D eigenvalue weighted by atomic mass is 16.5. The van der Waals surface area contributed by atoms with E-state index in [4.69, 9.17) is 9.47 Å². The normalized spacial score (nSPS) is 20.7. The van der Waals surface area contributed by atoms with E-state index in [9.17, 15) is 4.79 Å². The quantitative estimate of drug-likeness (QED) is 0.666. The van der Waals surface area contributed by atoms with Crippen LogP contribution < -0.4 is 0 Å². The molecular weight excluding hydrogens is 206 g/mol. The van der Waals surface area contributed by atoms with Crippen LogP contribution in [0.2, 0.25) is 0 Å². The number of nitrogens with zero attached hydrogens (tertiary/aromatic N) is 1. The molecule has 1 atom stereocenters. The van der Waals surface area contributed by atoms with Crippen LogP contribution in [0.5, 0.6) is 0 Å². The third kappa shape index (κ3) is 4.10. The van der Waals surface area contributed by atoms with Crippen molar-refractivity contribution in [1.82, 2.24) is 4.90 Å². The molecule has 0 aromatic carbocycles. The zero-order valence-electron chi connectivity index (χ0n) is 10.6. The maximum absolute atomic E-state index is 11.5. The van der Waals surface area contributed by atoms with Gasteiger partial charge in [0, 0.05) is 26.7 Å². The zero-order chi connectivity index (χ0) is 12.0. The molecule has 0 radical (unpaired) electrons. The molecule has 1 rings (SSSR count). The molecule has 1 saturated heterocycles. The minimum absolute atomic E-state index is 0.0287. The Morgan fingerprint density at radius 2 is 2.06 bits per heavy atom. The second kappa shape index (κ2) is 6.86. The fraction of sp³-hybridized carbons (Fsp3) is 0.917. The van der Waals surface area contributed by atoms with Crippen LogP contribution in [-0.2, 0) is 14.3 Å². The summed E-state index contributed by atoms with van der Waals surface area (Å²) in [6, 6.07) is 0. The Kier molecular flexibility index (Phi) is 5.77. The van der Waals surface area contributed by atoms with Crippen molar-refractivity contribution in [3.63, 3.8) is 0 Å². The molecule has 0 aromatic heterocycles. The van der Waals surface area contributed by atoms with E-state index in [1.165, 1.54) is 0 Å². The predicted molar refractivity (Wildman–Crippen MR) is 62.3 cm³/mol. The van der Waals surface area contributed by atoms with Gasteiger partial charge in [0.2, 0.25) is 0 Å². The predicted octanol–water partition coefficient (Wildman–Crippen LogP) is 1.30. The van der Waals surface area contributed by atoms with Crippen molar-refractivity contribution in [1.29, 1.82) is 0 Å². The number of carbonyl (C=O) groups excluding carboxylic acids is 1. The summed E-state index contributed by atoms with van der Waals surface area (Å²) >= 11 is 0. The van der Waals surface area contributed by atoms with Crippen molar-refractivity contribution in [3.8, 4) is 0 Å². The van der Waals surface area contributed by atoms with Gasteiger partial charge >= 0.3 is 5.97 Å². The molecule has 0 N–H and O–H groups in total. The highest BCUT2D eigenvalue weighted by Gasteiger charge is 2.22. The number of likely N-dealkylation sites (tertiary alicyclic amines) is 1. The first-order valence-corrected chi connectivity index (χ1v) is 6.09. The van der Waals surface area contributed by atoms with Crippen molar-refractivity contribution >= 4 is 5.97 Å². The average Bonchev–Trinajstić information content (AvgIpc) is 2.30. The van der Waals surface area contributed by atoms with Crippen LogP contribution in [-0.4, -0.2) is 50.3 Å². The summed E-state index contributed by atoms with van der Waals surface area (Å²) in [7, 11) is 1.77. The molecule has 1 fully saturated rings. The number of piperidine rings is 1. The van der Waals surface area contributed by atoms with Gasteiger partial charge in [-0.3, -0.25) is 4.79 Å². The second-order valence-corrected chi connectivity index (χ2v) is 4.39. The molecule has 0 bridgehead atoms. The summed E-state index contributed by atoms with van der Waals surface area (Å²) in [4.78, 5) is 13.8. The van der Waals surface area contributed by atoms with Crippen LogP contribution in [0, 0.1) is 5.92 Å². The molecule has 1 unspecified atom stereocenters. The molecule has 4 heteroatoms. The molecule has 0 aromatic rings. The van der Waals surface area contributed by atoms with Crippen molar-refractivity contribution in [2.75, 3.05) is 33.4 Å². The zero-order valence-corrected chi connectivity index (χ0v) is 10.6. The Morgan fingerprint density at radius 1 is 1.44 bits per heavy atom. The number of rotatable bonds is 5. The summed E-state index contributed by atoms with van der Waals surface area (Å²) < 4.78 is 10.3. The first-order chi connectivity index (χ1) is 7.67. The van der Waals surface area contributed by atoms with Gasteiger partial charge in [-0.25, -0.2) is 0 Å². The van der Waals surface area contributed by atoms with Crippen LogP contribution in [0.15, 0.2) is 0 Å². The molecule has 4 nitrogen and oxygen atoms in total. The number of esters is 1. The van der Waals surface area contributed by atoms with Gasteiger partial charge in [0.25, 0.3) is 0 Å². The van der Waals surface area contributed by atoms with Crippen molar-refractivity contribution in [2.45, 2.75) is 32.8 Å². The number of ether oxygens (including phenoxy) is 2. The fourth-order valence-electron chi connectivity index (χ4n) is 2.07. The summed E-state index contributed by atoms with van der Waals surface area (Å²) in [6.45, 7) is 7.07. The van der Waals surface area contributed by atoms with Gasteiger partial charge in [0.15, 0.2) is 0 Å². The topological polar surface area (TPSA) is 38.8 Å². The lowest BCUT2D eigenvalue weighted by atomic mass is 10.1. The van der Waals surface area contributed by atoms with Crippen LogP contribution in [0.3, 0.4) is 0 Å². The Bertz CT molecular complexity index is 212.